The minimum absolute atomic E-state index is 0.152. The number of rotatable bonds is 2. The van der Waals surface area contributed by atoms with Crippen molar-refractivity contribution in [1.29, 1.82) is 0 Å². The van der Waals surface area contributed by atoms with Gasteiger partial charge in [0.05, 0.1) is 5.69 Å². The van der Waals surface area contributed by atoms with Crippen LogP contribution in [0.1, 0.15) is 37.1 Å². The molecule has 0 spiro atoms. The molecule has 1 N–H and O–H groups in total. The number of hydrogen-bond acceptors (Lipinski definition) is 3. The number of carbonyl (C=O) groups is 1. The summed E-state index contributed by atoms with van der Waals surface area (Å²) >= 11 is 0. The second kappa shape index (κ2) is 5.68. The van der Waals surface area contributed by atoms with Gasteiger partial charge in [0.15, 0.2) is 0 Å². The molecule has 0 saturated carbocycles. The van der Waals surface area contributed by atoms with E-state index >= 15 is 0 Å². The molecule has 5 heteroatoms. The third kappa shape index (κ3) is 2.96. The quantitative estimate of drug-likeness (QED) is 0.921. The fourth-order valence-electron chi connectivity index (χ4n) is 2.88. The van der Waals surface area contributed by atoms with Crippen LogP contribution in [0.25, 0.3) is 11.4 Å². The maximum Gasteiger partial charge on any atom is 0.219 e. The molecule has 1 saturated heterocycles. The molecule has 2 aromatic rings. The van der Waals surface area contributed by atoms with Crippen LogP contribution >= 0.6 is 0 Å². The van der Waals surface area contributed by atoms with E-state index in [0.29, 0.717) is 5.92 Å². The van der Waals surface area contributed by atoms with Crippen LogP contribution in [-0.4, -0.2) is 39.1 Å². The number of carbonyl (C=O) groups excluding carboxylic acids is 1. The second-order valence-corrected chi connectivity index (χ2v) is 5.69. The van der Waals surface area contributed by atoms with Crippen LogP contribution < -0.4 is 0 Å². The number of nitrogens with zero attached hydrogens (tertiary/aromatic N) is 3. The van der Waals surface area contributed by atoms with Gasteiger partial charge in [-0.3, -0.25) is 14.9 Å². The summed E-state index contributed by atoms with van der Waals surface area (Å²) < 4.78 is 0. The van der Waals surface area contributed by atoms with E-state index in [4.69, 9.17) is 4.98 Å². The molecule has 1 atom stereocenters. The number of piperidine rings is 1. The third-order valence-electron chi connectivity index (χ3n) is 4.02. The molecule has 1 fully saturated rings. The Kier molecular flexibility index (Phi) is 3.73. The molecule has 0 radical (unpaired) electrons. The minimum Gasteiger partial charge on any atom is -0.342 e. The number of pyridine rings is 1. The Labute approximate surface area is 124 Å². The average molecular weight is 284 g/mol. The van der Waals surface area contributed by atoms with Crippen LogP contribution in [0.15, 0.2) is 24.3 Å². The number of amides is 1. The van der Waals surface area contributed by atoms with Crippen molar-refractivity contribution in [2.24, 2.45) is 0 Å². The summed E-state index contributed by atoms with van der Waals surface area (Å²) in [6.07, 6.45) is 2.12. The zero-order valence-corrected chi connectivity index (χ0v) is 12.5. The summed E-state index contributed by atoms with van der Waals surface area (Å²) in [6, 6.07) is 8.05. The van der Waals surface area contributed by atoms with Crippen molar-refractivity contribution in [3.05, 3.63) is 35.7 Å². The zero-order chi connectivity index (χ0) is 14.8. The van der Waals surface area contributed by atoms with Crippen molar-refractivity contribution < 1.29 is 4.79 Å². The standard InChI is InChI=1S/C16H20N4O/c1-11-9-16(19-18-11)15-7-3-6-14(17-15)13-5-4-8-20(10-13)12(2)21/h3,6-7,9,13H,4-5,8,10H2,1-2H3,(H,18,19)/t13-/m1/s1. The maximum atomic E-state index is 11.6. The molecule has 1 aliphatic rings. The minimum atomic E-state index is 0.152. The zero-order valence-electron chi connectivity index (χ0n) is 12.5. The number of aromatic amines is 1. The second-order valence-electron chi connectivity index (χ2n) is 5.69. The molecule has 21 heavy (non-hydrogen) atoms. The predicted molar refractivity (Wildman–Crippen MR) is 80.8 cm³/mol. The topological polar surface area (TPSA) is 61.9 Å². The lowest BCUT2D eigenvalue weighted by atomic mass is 9.94. The number of hydrogen-bond donors (Lipinski definition) is 1. The highest BCUT2D eigenvalue weighted by atomic mass is 16.2. The fourth-order valence-corrected chi connectivity index (χ4v) is 2.88. The van der Waals surface area contributed by atoms with Crippen LogP contribution in [-0.2, 0) is 4.79 Å². The van der Waals surface area contributed by atoms with Crippen molar-refractivity contribution >= 4 is 5.91 Å². The molecule has 3 heterocycles. The van der Waals surface area contributed by atoms with Crippen LogP contribution in [0.5, 0.6) is 0 Å². The molecular weight excluding hydrogens is 264 g/mol. The molecule has 5 nitrogen and oxygen atoms in total. The van der Waals surface area contributed by atoms with E-state index in [1.165, 1.54) is 0 Å². The van der Waals surface area contributed by atoms with E-state index in [2.05, 4.69) is 16.3 Å². The van der Waals surface area contributed by atoms with E-state index in [9.17, 15) is 4.79 Å². The van der Waals surface area contributed by atoms with Gasteiger partial charge in [0.2, 0.25) is 5.91 Å². The molecule has 1 aliphatic heterocycles. The van der Waals surface area contributed by atoms with Gasteiger partial charge in [0.25, 0.3) is 0 Å². The van der Waals surface area contributed by atoms with E-state index in [0.717, 1.165) is 48.7 Å². The van der Waals surface area contributed by atoms with E-state index in [1.54, 1.807) is 6.92 Å². The van der Waals surface area contributed by atoms with Gasteiger partial charge in [0.1, 0.15) is 5.69 Å². The Morgan fingerprint density at radius 3 is 2.95 bits per heavy atom. The largest absolute Gasteiger partial charge is 0.342 e. The monoisotopic (exact) mass is 284 g/mol. The van der Waals surface area contributed by atoms with Crippen molar-refractivity contribution in [2.75, 3.05) is 13.1 Å². The molecule has 0 unspecified atom stereocenters. The fraction of sp³-hybridized carbons (Fsp3) is 0.438. The number of nitrogens with one attached hydrogen (secondary N) is 1. The summed E-state index contributed by atoms with van der Waals surface area (Å²) in [5, 5.41) is 7.21. The highest BCUT2D eigenvalue weighted by Crippen LogP contribution is 2.27. The van der Waals surface area contributed by atoms with Crippen LogP contribution in [0, 0.1) is 6.92 Å². The lowest BCUT2D eigenvalue weighted by Gasteiger charge is -2.31. The Bertz CT molecular complexity index is 649. The highest BCUT2D eigenvalue weighted by Gasteiger charge is 2.24. The molecule has 0 bridgehead atoms. The van der Waals surface area contributed by atoms with E-state index in [1.807, 2.05) is 30.0 Å². The predicted octanol–water partition coefficient (Wildman–Crippen LogP) is 2.51. The third-order valence-corrected chi connectivity index (χ3v) is 4.02. The van der Waals surface area contributed by atoms with E-state index < -0.39 is 0 Å². The first kappa shape index (κ1) is 13.8. The van der Waals surface area contributed by atoms with Gasteiger partial charge >= 0.3 is 0 Å². The van der Waals surface area contributed by atoms with Crippen molar-refractivity contribution in [3.63, 3.8) is 0 Å². The van der Waals surface area contributed by atoms with Gasteiger partial charge in [-0.1, -0.05) is 6.07 Å². The first-order valence-electron chi connectivity index (χ1n) is 7.38. The molecule has 2 aromatic heterocycles. The Balaban J connectivity index is 1.84. The molecule has 1 amide bonds. The van der Waals surface area contributed by atoms with Gasteiger partial charge in [-0.2, -0.15) is 5.10 Å². The number of aryl methyl sites for hydroxylation is 1. The highest BCUT2D eigenvalue weighted by molar-refractivity contribution is 5.73. The molecule has 110 valence electrons. The van der Waals surface area contributed by atoms with Gasteiger partial charge in [-0.05, 0) is 38.0 Å². The van der Waals surface area contributed by atoms with Gasteiger partial charge in [-0.15, -0.1) is 0 Å². The summed E-state index contributed by atoms with van der Waals surface area (Å²) in [5.74, 6) is 0.474. The summed E-state index contributed by atoms with van der Waals surface area (Å²) in [4.78, 5) is 18.2. The molecule has 3 rings (SSSR count). The molecular formula is C16H20N4O. The number of aromatic nitrogens is 3. The first-order valence-corrected chi connectivity index (χ1v) is 7.38. The summed E-state index contributed by atoms with van der Waals surface area (Å²) in [7, 11) is 0. The van der Waals surface area contributed by atoms with Gasteiger partial charge in [0, 0.05) is 37.3 Å². The van der Waals surface area contributed by atoms with Crippen molar-refractivity contribution in [2.45, 2.75) is 32.6 Å². The lowest BCUT2D eigenvalue weighted by molar-refractivity contribution is -0.130. The normalized spacial score (nSPS) is 18.8. The number of likely N-dealkylation sites (tertiary alicyclic amines) is 1. The van der Waals surface area contributed by atoms with Crippen LogP contribution in [0.3, 0.4) is 0 Å². The molecule has 0 aromatic carbocycles. The summed E-state index contributed by atoms with van der Waals surface area (Å²) in [6.45, 7) is 5.25. The lowest BCUT2D eigenvalue weighted by Crippen LogP contribution is -2.37. The van der Waals surface area contributed by atoms with Crippen LogP contribution in [0.4, 0.5) is 0 Å². The van der Waals surface area contributed by atoms with Gasteiger partial charge in [-0.25, -0.2) is 0 Å². The Morgan fingerprint density at radius 2 is 2.24 bits per heavy atom. The SMILES string of the molecule is CC(=O)N1CCC[C@@H](c2cccc(-c3cc(C)[nH]n3)n2)C1. The molecule has 0 aliphatic carbocycles. The van der Waals surface area contributed by atoms with Crippen molar-refractivity contribution in [3.8, 4) is 11.4 Å². The smallest absolute Gasteiger partial charge is 0.219 e. The van der Waals surface area contributed by atoms with Crippen LogP contribution in [0.2, 0.25) is 0 Å². The van der Waals surface area contributed by atoms with E-state index in [-0.39, 0.29) is 5.91 Å². The first-order chi connectivity index (χ1) is 10.1. The number of H-pyrrole nitrogens is 1. The van der Waals surface area contributed by atoms with Crippen molar-refractivity contribution in [1.82, 2.24) is 20.1 Å². The summed E-state index contributed by atoms with van der Waals surface area (Å²) in [5.41, 5.74) is 3.84. The Morgan fingerprint density at radius 1 is 1.38 bits per heavy atom. The Hall–Kier alpha value is -2.17. The van der Waals surface area contributed by atoms with Gasteiger partial charge < -0.3 is 4.90 Å². The maximum absolute atomic E-state index is 11.6. The average Bonchev–Trinajstić information content (AvgIpc) is 2.94.